The van der Waals surface area contributed by atoms with Gasteiger partial charge in [-0.2, -0.15) is 0 Å². The van der Waals surface area contributed by atoms with Crippen molar-refractivity contribution in [3.05, 3.63) is 53.1 Å². The summed E-state index contributed by atoms with van der Waals surface area (Å²) in [6, 6.07) is 12.6. The summed E-state index contributed by atoms with van der Waals surface area (Å²) in [7, 11) is 3.30. The van der Waals surface area contributed by atoms with E-state index in [0.29, 0.717) is 11.8 Å². The number of hydrogen-bond acceptors (Lipinski definition) is 4. The zero-order valence-electron chi connectivity index (χ0n) is 15.6. The van der Waals surface area contributed by atoms with Gasteiger partial charge in [0.25, 0.3) is 0 Å². The first kappa shape index (κ1) is 17.2. The average molecular weight is 353 g/mol. The first-order valence-corrected chi connectivity index (χ1v) is 9.44. The van der Waals surface area contributed by atoms with Crippen molar-refractivity contribution in [1.82, 2.24) is 4.90 Å². The number of phenolic OH excluding ortho intramolecular Hbond substituents is 1. The summed E-state index contributed by atoms with van der Waals surface area (Å²) in [5.74, 6) is 2.53. The smallest absolute Gasteiger partial charge is 0.160 e. The van der Waals surface area contributed by atoms with Crippen molar-refractivity contribution in [1.29, 1.82) is 0 Å². The molecule has 1 aliphatic heterocycles. The number of methoxy groups -OCH3 is 2. The molecule has 138 valence electrons. The molecule has 0 saturated heterocycles. The Kier molecular flexibility index (Phi) is 4.77. The van der Waals surface area contributed by atoms with Crippen LogP contribution in [0.4, 0.5) is 0 Å². The Morgan fingerprint density at radius 1 is 1.08 bits per heavy atom. The second kappa shape index (κ2) is 7.20. The lowest BCUT2D eigenvalue weighted by Gasteiger charge is -2.38. The van der Waals surface area contributed by atoms with E-state index >= 15 is 0 Å². The maximum absolute atomic E-state index is 10.2. The number of ether oxygens (including phenoxy) is 2. The number of aromatic hydroxyl groups is 1. The predicted molar refractivity (Wildman–Crippen MR) is 102 cm³/mol. The van der Waals surface area contributed by atoms with E-state index in [9.17, 15) is 5.11 Å². The molecule has 0 spiro atoms. The Morgan fingerprint density at radius 2 is 1.92 bits per heavy atom. The molecule has 4 heteroatoms. The van der Waals surface area contributed by atoms with Gasteiger partial charge in [-0.25, -0.2) is 0 Å². The highest BCUT2D eigenvalue weighted by atomic mass is 16.5. The number of nitrogens with zero attached hydrogens (tertiary/aromatic N) is 1. The van der Waals surface area contributed by atoms with Gasteiger partial charge in [0, 0.05) is 19.1 Å². The number of benzene rings is 2. The van der Waals surface area contributed by atoms with Gasteiger partial charge in [-0.15, -0.1) is 0 Å². The average Bonchev–Trinajstić information content (AvgIpc) is 3.47. The van der Waals surface area contributed by atoms with E-state index in [4.69, 9.17) is 9.47 Å². The van der Waals surface area contributed by atoms with Crippen molar-refractivity contribution < 1.29 is 14.6 Å². The standard InChI is InChI=1S/C22H27NO3/c1-25-18-6-7-19-17(13-18)9-10-23(14-15-3-4-15)20(19)11-16-5-8-22(26-2)21(24)12-16/h5-8,12-13,15,20,24H,3-4,9-11,14H2,1-2H3/t20-/m0/s1. The monoisotopic (exact) mass is 353 g/mol. The van der Waals surface area contributed by atoms with Crippen LogP contribution in [-0.2, 0) is 12.8 Å². The second-order valence-electron chi connectivity index (χ2n) is 7.48. The maximum Gasteiger partial charge on any atom is 0.160 e. The molecule has 0 bridgehead atoms. The quantitative estimate of drug-likeness (QED) is 0.853. The van der Waals surface area contributed by atoms with Gasteiger partial charge in [-0.1, -0.05) is 12.1 Å². The van der Waals surface area contributed by atoms with Crippen LogP contribution in [0.2, 0.25) is 0 Å². The third kappa shape index (κ3) is 3.51. The molecule has 4 rings (SSSR count). The number of rotatable bonds is 6. The summed E-state index contributed by atoms with van der Waals surface area (Å²) in [6.45, 7) is 2.27. The van der Waals surface area contributed by atoms with Gasteiger partial charge in [-0.3, -0.25) is 4.90 Å². The predicted octanol–water partition coefficient (Wildman–Crippen LogP) is 3.96. The normalized spacial score (nSPS) is 19.8. The Bertz CT molecular complexity index is 785. The molecule has 4 nitrogen and oxygen atoms in total. The fraction of sp³-hybridized carbons (Fsp3) is 0.455. The molecular formula is C22H27NO3. The largest absolute Gasteiger partial charge is 0.504 e. The Morgan fingerprint density at radius 3 is 2.62 bits per heavy atom. The van der Waals surface area contributed by atoms with Crippen LogP contribution in [0.15, 0.2) is 36.4 Å². The molecule has 1 heterocycles. The number of fused-ring (bicyclic) bond motifs is 1. The molecule has 2 aromatic carbocycles. The maximum atomic E-state index is 10.2. The highest BCUT2D eigenvalue weighted by Crippen LogP contribution is 2.39. The lowest BCUT2D eigenvalue weighted by atomic mass is 9.88. The molecule has 26 heavy (non-hydrogen) atoms. The zero-order chi connectivity index (χ0) is 18.1. The van der Waals surface area contributed by atoms with Gasteiger partial charge in [0.05, 0.1) is 14.2 Å². The van der Waals surface area contributed by atoms with Gasteiger partial charge in [0.2, 0.25) is 0 Å². The SMILES string of the molecule is COc1ccc2c(c1)CCN(CC1CC1)[C@H]2Cc1ccc(OC)c(O)c1. The molecule has 0 amide bonds. The van der Waals surface area contributed by atoms with E-state index in [2.05, 4.69) is 29.2 Å². The Balaban J connectivity index is 1.64. The van der Waals surface area contributed by atoms with Crippen molar-refractivity contribution in [2.75, 3.05) is 27.3 Å². The first-order valence-electron chi connectivity index (χ1n) is 9.44. The van der Waals surface area contributed by atoms with Crippen LogP contribution in [0.1, 0.15) is 35.6 Å². The van der Waals surface area contributed by atoms with Crippen LogP contribution in [0, 0.1) is 5.92 Å². The lowest BCUT2D eigenvalue weighted by molar-refractivity contribution is 0.175. The fourth-order valence-corrected chi connectivity index (χ4v) is 4.04. The minimum atomic E-state index is 0.213. The van der Waals surface area contributed by atoms with Crippen molar-refractivity contribution in [2.24, 2.45) is 5.92 Å². The van der Waals surface area contributed by atoms with Gasteiger partial charge in [0.1, 0.15) is 5.75 Å². The van der Waals surface area contributed by atoms with Gasteiger partial charge < -0.3 is 14.6 Å². The molecule has 1 N–H and O–H groups in total. The summed E-state index contributed by atoms with van der Waals surface area (Å²) in [6.07, 6.45) is 4.69. The number of phenols is 1. The van der Waals surface area contributed by atoms with Crippen molar-refractivity contribution in [2.45, 2.75) is 31.7 Å². The molecule has 2 aliphatic rings. The molecule has 0 aromatic heterocycles. The summed E-state index contributed by atoms with van der Waals surface area (Å²) >= 11 is 0. The Hall–Kier alpha value is -2.20. The second-order valence-corrected chi connectivity index (χ2v) is 7.48. The van der Waals surface area contributed by atoms with E-state index in [0.717, 1.165) is 36.6 Å². The molecule has 1 atom stereocenters. The van der Waals surface area contributed by atoms with Gasteiger partial charge in [-0.05, 0) is 72.6 Å². The van der Waals surface area contributed by atoms with Crippen LogP contribution < -0.4 is 9.47 Å². The summed E-state index contributed by atoms with van der Waals surface area (Å²) in [5.41, 5.74) is 3.92. The summed E-state index contributed by atoms with van der Waals surface area (Å²) in [4.78, 5) is 2.63. The molecule has 2 aromatic rings. The van der Waals surface area contributed by atoms with Crippen molar-refractivity contribution in [3.8, 4) is 17.2 Å². The van der Waals surface area contributed by atoms with E-state index in [1.54, 1.807) is 14.2 Å². The van der Waals surface area contributed by atoms with Crippen molar-refractivity contribution in [3.63, 3.8) is 0 Å². The van der Waals surface area contributed by atoms with Crippen LogP contribution in [0.5, 0.6) is 17.2 Å². The van der Waals surface area contributed by atoms with Crippen LogP contribution in [-0.4, -0.2) is 37.3 Å². The zero-order valence-corrected chi connectivity index (χ0v) is 15.6. The molecule has 1 fully saturated rings. The van der Waals surface area contributed by atoms with Gasteiger partial charge >= 0.3 is 0 Å². The van der Waals surface area contributed by atoms with Crippen LogP contribution in [0.25, 0.3) is 0 Å². The highest BCUT2D eigenvalue weighted by molar-refractivity contribution is 5.44. The van der Waals surface area contributed by atoms with Crippen LogP contribution in [0.3, 0.4) is 0 Å². The topological polar surface area (TPSA) is 41.9 Å². The highest BCUT2D eigenvalue weighted by Gasteiger charge is 2.32. The third-order valence-corrected chi connectivity index (χ3v) is 5.68. The van der Waals surface area contributed by atoms with Crippen LogP contribution >= 0.6 is 0 Å². The number of hydrogen-bond donors (Lipinski definition) is 1. The first-order chi connectivity index (χ1) is 12.7. The van der Waals surface area contributed by atoms with E-state index < -0.39 is 0 Å². The lowest BCUT2D eigenvalue weighted by Crippen LogP contribution is -2.38. The van der Waals surface area contributed by atoms with E-state index in [1.807, 2.05) is 12.1 Å². The molecule has 0 radical (unpaired) electrons. The van der Waals surface area contributed by atoms with Gasteiger partial charge in [0.15, 0.2) is 11.5 Å². The summed E-state index contributed by atoms with van der Waals surface area (Å²) < 4.78 is 10.6. The molecular weight excluding hydrogens is 326 g/mol. The fourth-order valence-electron chi connectivity index (χ4n) is 4.04. The van der Waals surface area contributed by atoms with E-state index in [1.165, 1.54) is 30.5 Å². The molecule has 1 saturated carbocycles. The minimum absolute atomic E-state index is 0.213. The third-order valence-electron chi connectivity index (χ3n) is 5.68. The minimum Gasteiger partial charge on any atom is -0.504 e. The summed E-state index contributed by atoms with van der Waals surface area (Å²) in [5, 5.41) is 10.2. The van der Waals surface area contributed by atoms with E-state index in [-0.39, 0.29) is 5.75 Å². The Labute approximate surface area is 155 Å². The molecule has 1 aliphatic carbocycles. The molecule has 0 unspecified atom stereocenters. The van der Waals surface area contributed by atoms with Crippen molar-refractivity contribution >= 4 is 0 Å².